The van der Waals surface area contributed by atoms with Crippen LogP contribution in [0.25, 0.3) is 0 Å². The Morgan fingerprint density at radius 1 is 1.30 bits per heavy atom. The minimum absolute atomic E-state index is 0.0785. The molecule has 0 radical (unpaired) electrons. The SMILES string of the molecule is CCOC(=O)c1sc(NC(=O)CSc2nc3c(c(=O)[nH]2)CCCC3)nc1C. The Morgan fingerprint density at radius 3 is 2.85 bits per heavy atom. The average molecular weight is 409 g/mol. The lowest BCUT2D eigenvalue weighted by atomic mass is 9.97. The summed E-state index contributed by atoms with van der Waals surface area (Å²) in [6.45, 7) is 3.70. The van der Waals surface area contributed by atoms with Crippen LogP contribution >= 0.6 is 23.1 Å². The zero-order chi connectivity index (χ0) is 19.4. The summed E-state index contributed by atoms with van der Waals surface area (Å²) >= 11 is 2.25. The molecule has 0 atom stereocenters. The van der Waals surface area contributed by atoms with Crippen LogP contribution in [-0.4, -0.2) is 39.2 Å². The Bertz CT molecular complexity index is 922. The first-order valence-corrected chi connectivity index (χ1v) is 10.5. The van der Waals surface area contributed by atoms with Gasteiger partial charge in [-0.2, -0.15) is 0 Å². The Morgan fingerprint density at radius 2 is 2.07 bits per heavy atom. The van der Waals surface area contributed by atoms with Gasteiger partial charge in [0.05, 0.1) is 23.7 Å². The lowest BCUT2D eigenvalue weighted by molar-refractivity contribution is -0.113. The number of thiazole rings is 1. The molecule has 10 heteroatoms. The number of hydrogen-bond donors (Lipinski definition) is 2. The number of esters is 1. The molecule has 1 aliphatic carbocycles. The summed E-state index contributed by atoms with van der Waals surface area (Å²) in [7, 11) is 0. The Kier molecular flexibility index (Phi) is 6.27. The van der Waals surface area contributed by atoms with Gasteiger partial charge in [0.1, 0.15) is 4.88 Å². The molecule has 0 saturated carbocycles. The number of H-pyrrole nitrogens is 1. The summed E-state index contributed by atoms with van der Waals surface area (Å²) < 4.78 is 4.96. The van der Waals surface area contributed by atoms with Crippen molar-refractivity contribution in [2.45, 2.75) is 44.7 Å². The van der Waals surface area contributed by atoms with E-state index in [1.165, 1.54) is 11.8 Å². The number of amides is 1. The zero-order valence-corrected chi connectivity index (χ0v) is 16.7. The van der Waals surface area contributed by atoms with Crippen molar-refractivity contribution in [1.82, 2.24) is 15.0 Å². The molecule has 0 bridgehead atoms. The molecule has 8 nitrogen and oxygen atoms in total. The van der Waals surface area contributed by atoms with Gasteiger partial charge in [-0.25, -0.2) is 14.8 Å². The fourth-order valence-electron chi connectivity index (χ4n) is 2.77. The van der Waals surface area contributed by atoms with Crippen molar-refractivity contribution in [1.29, 1.82) is 0 Å². The van der Waals surface area contributed by atoms with Gasteiger partial charge in [0, 0.05) is 5.56 Å². The number of thioether (sulfide) groups is 1. The van der Waals surface area contributed by atoms with E-state index in [2.05, 4.69) is 20.3 Å². The van der Waals surface area contributed by atoms with E-state index < -0.39 is 5.97 Å². The Hall–Kier alpha value is -2.20. The van der Waals surface area contributed by atoms with E-state index in [9.17, 15) is 14.4 Å². The third-order valence-electron chi connectivity index (χ3n) is 4.01. The van der Waals surface area contributed by atoms with E-state index in [0.29, 0.717) is 20.9 Å². The number of aryl methyl sites for hydroxylation is 2. The van der Waals surface area contributed by atoms with Crippen LogP contribution < -0.4 is 10.9 Å². The molecule has 0 unspecified atom stereocenters. The highest BCUT2D eigenvalue weighted by molar-refractivity contribution is 7.99. The van der Waals surface area contributed by atoms with Gasteiger partial charge in [-0.3, -0.25) is 9.59 Å². The number of rotatable bonds is 6. The van der Waals surface area contributed by atoms with Crippen LogP contribution in [0.5, 0.6) is 0 Å². The molecule has 1 aliphatic rings. The van der Waals surface area contributed by atoms with Crippen LogP contribution in [-0.2, 0) is 22.4 Å². The average Bonchev–Trinajstić information content (AvgIpc) is 3.00. The van der Waals surface area contributed by atoms with Crippen LogP contribution in [0.15, 0.2) is 9.95 Å². The van der Waals surface area contributed by atoms with Crippen molar-refractivity contribution in [3.63, 3.8) is 0 Å². The van der Waals surface area contributed by atoms with Crippen molar-refractivity contribution >= 4 is 40.1 Å². The summed E-state index contributed by atoms with van der Waals surface area (Å²) in [4.78, 5) is 47.9. The molecule has 0 aromatic carbocycles. The normalized spacial score (nSPS) is 13.1. The van der Waals surface area contributed by atoms with Crippen LogP contribution in [0.3, 0.4) is 0 Å². The monoisotopic (exact) mass is 408 g/mol. The summed E-state index contributed by atoms with van der Waals surface area (Å²) in [5.74, 6) is -0.655. The lowest BCUT2D eigenvalue weighted by Crippen LogP contribution is -2.22. The predicted octanol–water partition coefficient (Wildman–Crippen LogP) is 2.32. The van der Waals surface area contributed by atoms with Gasteiger partial charge < -0.3 is 15.0 Å². The second kappa shape index (κ2) is 8.66. The number of aromatic nitrogens is 3. The molecule has 1 amide bonds. The minimum atomic E-state index is -0.446. The number of ether oxygens (including phenoxy) is 1. The molecule has 2 N–H and O–H groups in total. The van der Waals surface area contributed by atoms with E-state index in [0.717, 1.165) is 48.3 Å². The summed E-state index contributed by atoms with van der Waals surface area (Å²) in [6, 6.07) is 0. The molecule has 2 aromatic rings. The number of carbonyl (C=O) groups is 2. The van der Waals surface area contributed by atoms with E-state index in [1.807, 2.05) is 0 Å². The molecular weight excluding hydrogens is 388 g/mol. The van der Waals surface area contributed by atoms with Crippen LogP contribution in [0.1, 0.15) is 46.4 Å². The van der Waals surface area contributed by atoms with E-state index in [1.54, 1.807) is 13.8 Å². The maximum Gasteiger partial charge on any atom is 0.350 e. The molecular formula is C17H20N4O4S2. The van der Waals surface area contributed by atoms with Gasteiger partial charge in [-0.15, -0.1) is 0 Å². The quantitative estimate of drug-likeness (QED) is 0.428. The highest BCUT2D eigenvalue weighted by Gasteiger charge is 2.19. The zero-order valence-electron chi connectivity index (χ0n) is 15.1. The largest absolute Gasteiger partial charge is 0.462 e. The molecule has 0 spiro atoms. The molecule has 2 aromatic heterocycles. The summed E-state index contributed by atoms with van der Waals surface area (Å²) in [5, 5.41) is 3.45. The molecule has 2 heterocycles. The Labute approximate surface area is 164 Å². The summed E-state index contributed by atoms with van der Waals surface area (Å²) in [5.41, 5.74) is 2.00. The van der Waals surface area contributed by atoms with Gasteiger partial charge in [0.25, 0.3) is 5.56 Å². The van der Waals surface area contributed by atoms with Crippen LogP contribution in [0.2, 0.25) is 0 Å². The lowest BCUT2D eigenvalue weighted by Gasteiger charge is -2.14. The van der Waals surface area contributed by atoms with Gasteiger partial charge in [-0.1, -0.05) is 23.1 Å². The number of anilines is 1. The maximum atomic E-state index is 12.2. The molecule has 27 heavy (non-hydrogen) atoms. The number of nitrogens with one attached hydrogen (secondary N) is 2. The van der Waals surface area contributed by atoms with Gasteiger partial charge in [0.15, 0.2) is 10.3 Å². The topological polar surface area (TPSA) is 114 Å². The maximum absolute atomic E-state index is 12.2. The molecule has 144 valence electrons. The number of fused-ring (bicyclic) bond motifs is 1. The molecule has 0 saturated heterocycles. The van der Waals surface area contributed by atoms with Crippen molar-refractivity contribution < 1.29 is 14.3 Å². The fourth-order valence-corrected chi connectivity index (χ4v) is 4.33. The number of nitrogens with zero attached hydrogens (tertiary/aromatic N) is 2. The third kappa shape index (κ3) is 4.75. The second-order valence-corrected chi connectivity index (χ2v) is 7.96. The van der Waals surface area contributed by atoms with Crippen molar-refractivity contribution in [3.8, 4) is 0 Å². The first kappa shape index (κ1) is 19.6. The van der Waals surface area contributed by atoms with E-state index >= 15 is 0 Å². The fraction of sp³-hybridized carbons (Fsp3) is 0.471. The van der Waals surface area contributed by atoms with E-state index in [4.69, 9.17) is 4.74 Å². The van der Waals surface area contributed by atoms with E-state index in [-0.39, 0.29) is 23.8 Å². The molecule has 3 rings (SSSR count). The van der Waals surface area contributed by atoms with Crippen molar-refractivity contribution in [2.75, 3.05) is 17.7 Å². The first-order valence-electron chi connectivity index (χ1n) is 8.67. The standard InChI is InChI=1S/C17H20N4O4S2/c1-3-25-15(24)13-9(2)18-17(27-13)20-12(22)8-26-16-19-11-7-5-4-6-10(11)14(23)21-16/h3-8H2,1-2H3,(H,18,20,22)(H,19,21,23). The highest BCUT2D eigenvalue weighted by atomic mass is 32.2. The highest BCUT2D eigenvalue weighted by Crippen LogP contribution is 2.24. The summed E-state index contributed by atoms with van der Waals surface area (Å²) in [6.07, 6.45) is 3.59. The van der Waals surface area contributed by atoms with Gasteiger partial charge >= 0.3 is 5.97 Å². The number of carbonyl (C=O) groups excluding carboxylic acids is 2. The predicted molar refractivity (Wildman–Crippen MR) is 104 cm³/mol. The number of aromatic amines is 1. The first-order chi connectivity index (χ1) is 13.0. The van der Waals surface area contributed by atoms with Gasteiger partial charge in [0.2, 0.25) is 5.91 Å². The second-order valence-electron chi connectivity index (χ2n) is 5.99. The molecule has 0 fully saturated rings. The number of hydrogen-bond acceptors (Lipinski definition) is 8. The smallest absolute Gasteiger partial charge is 0.350 e. The third-order valence-corrected chi connectivity index (χ3v) is 5.94. The van der Waals surface area contributed by atoms with Gasteiger partial charge in [-0.05, 0) is 39.5 Å². The molecule has 0 aliphatic heterocycles. The van der Waals surface area contributed by atoms with Crippen molar-refractivity contribution in [3.05, 3.63) is 32.2 Å². The Balaban J connectivity index is 1.60. The van der Waals surface area contributed by atoms with Crippen LogP contribution in [0.4, 0.5) is 5.13 Å². The van der Waals surface area contributed by atoms with Crippen molar-refractivity contribution in [2.24, 2.45) is 0 Å². The minimum Gasteiger partial charge on any atom is -0.462 e. The van der Waals surface area contributed by atoms with Crippen LogP contribution in [0, 0.1) is 6.92 Å².